The molecule has 7 nitrogen and oxygen atoms in total. The predicted molar refractivity (Wildman–Crippen MR) is 74.9 cm³/mol. The molecule has 0 bridgehead atoms. The molecule has 0 unspecified atom stereocenters. The van der Waals surface area contributed by atoms with Gasteiger partial charge in [0.05, 0.1) is 18.7 Å². The van der Waals surface area contributed by atoms with Gasteiger partial charge in [0.1, 0.15) is 6.10 Å². The Bertz CT molecular complexity index is 576. The molecule has 1 fully saturated rings. The van der Waals surface area contributed by atoms with Crippen molar-refractivity contribution >= 4 is 17.3 Å². The van der Waals surface area contributed by atoms with Crippen LogP contribution >= 0.6 is 0 Å². The molecule has 0 radical (unpaired) electrons. The minimum absolute atomic E-state index is 0.136. The second-order valence-electron chi connectivity index (χ2n) is 5.23. The molecule has 0 heterocycles. The molecule has 6 N–H and O–H groups in total. The van der Waals surface area contributed by atoms with Crippen molar-refractivity contribution < 1.29 is 24.9 Å². The number of ketones is 2. The molecule has 1 aliphatic rings. The lowest BCUT2D eigenvalue weighted by Gasteiger charge is -2.29. The number of benzene rings is 1. The number of hydrogen-bond acceptors (Lipinski definition) is 7. The highest BCUT2D eigenvalue weighted by molar-refractivity contribution is 5.97. The number of nitrogens with one attached hydrogen (secondary N) is 1. The predicted octanol–water partition coefficient (Wildman–Crippen LogP) is -1.34. The third-order valence-electron chi connectivity index (χ3n) is 3.79. The molecule has 1 aromatic rings. The normalized spacial score (nSPS) is 32.2. The van der Waals surface area contributed by atoms with Crippen LogP contribution in [-0.2, 0) is 4.79 Å². The van der Waals surface area contributed by atoms with Crippen LogP contribution in [0.3, 0.4) is 0 Å². The van der Waals surface area contributed by atoms with E-state index in [1.807, 2.05) is 0 Å². The van der Waals surface area contributed by atoms with Crippen LogP contribution in [0.1, 0.15) is 17.3 Å². The first-order chi connectivity index (χ1) is 9.81. The zero-order valence-electron chi connectivity index (χ0n) is 11.5. The first-order valence-corrected chi connectivity index (χ1v) is 6.50. The van der Waals surface area contributed by atoms with Crippen LogP contribution in [0.5, 0.6) is 0 Å². The van der Waals surface area contributed by atoms with Gasteiger partial charge < -0.3 is 26.4 Å². The third-order valence-corrected chi connectivity index (χ3v) is 3.79. The molecular formula is C14H18N2O5. The van der Waals surface area contributed by atoms with E-state index in [9.17, 15) is 24.9 Å². The van der Waals surface area contributed by atoms with Crippen LogP contribution in [0.25, 0.3) is 0 Å². The van der Waals surface area contributed by atoms with E-state index in [4.69, 9.17) is 5.73 Å². The molecule has 0 spiro atoms. The van der Waals surface area contributed by atoms with Gasteiger partial charge in [-0.1, -0.05) is 12.1 Å². The standard InChI is InChI=1S/C14H18N2O5/c1-7(18)8-3-2-4-9(5-8)16-12-10(15)11(19)13(20)14(12,21)6-17/h2-5,10-12,16-17,19,21H,6,15H2,1H3/t10-,11-,12+,14-/m1/s1. The Morgan fingerprint density at radius 1 is 1.48 bits per heavy atom. The van der Waals surface area contributed by atoms with Gasteiger partial charge in [-0.2, -0.15) is 0 Å². The molecule has 2 rings (SSSR count). The molecule has 1 aromatic carbocycles. The van der Waals surface area contributed by atoms with E-state index in [2.05, 4.69) is 5.32 Å². The van der Waals surface area contributed by atoms with Crippen molar-refractivity contribution in [2.45, 2.75) is 30.7 Å². The number of nitrogens with two attached hydrogens (primary N) is 1. The average molecular weight is 294 g/mol. The number of carbonyl (C=O) groups excluding carboxylic acids is 2. The Balaban J connectivity index is 2.31. The van der Waals surface area contributed by atoms with Gasteiger partial charge in [0.15, 0.2) is 17.2 Å². The van der Waals surface area contributed by atoms with Crippen LogP contribution in [0.15, 0.2) is 24.3 Å². The summed E-state index contributed by atoms with van der Waals surface area (Å²) in [6, 6.07) is 4.30. The highest BCUT2D eigenvalue weighted by atomic mass is 16.4. The Labute approximate surface area is 121 Å². The van der Waals surface area contributed by atoms with Crippen molar-refractivity contribution in [1.29, 1.82) is 0 Å². The molecule has 1 aliphatic carbocycles. The van der Waals surface area contributed by atoms with E-state index in [1.165, 1.54) is 6.92 Å². The molecule has 21 heavy (non-hydrogen) atoms. The minimum atomic E-state index is -2.16. The molecule has 0 aliphatic heterocycles. The Kier molecular flexibility index (Phi) is 4.11. The van der Waals surface area contributed by atoms with Crippen molar-refractivity contribution in [2.75, 3.05) is 11.9 Å². The van der Waals surface area contributed by atoms with Gasteiger partial charge in [-0.05, 0) is 19.1 Å². The number of carbonyl (C=O) groups is 2. The molecule has 0 amide bonds. The Morgan fingerprint density at radius 2 is 2.14 bits per heavy atom. The van der Waals surface area contributed by atoms with Gasteiger partial charge in [0.2, 0.25) is 0 Å². The summed E-state index contributed by atoms with van der Waals surface area (Å²) in [7, 11) is 0. The van der Waals surface area contributed by atoms with Crippen LogP contribution < -0.4 is 11.1 Å². The maximum absolute atomic E-state index is 11.8. The van der Waals surface area contributed by atoms with E-state index in [0.717, 1.165) is 0 Å². The summed E-state index contributed by atoms with van der Waals surface area (Å²) in [4.78, 5) is 23.2. The van der Waals surface area contributed by atoms with E-state index in [0.29, 0.717) is 11.3 Å². The van der Waals surface area contributed by atoms with E-state index >= 15 is 0 Å². The van der Waals surface area contributed by atoms with Gasteiger partial charge in [0, 0.05) is 11.3 Å². The SMILES string of the molecule is CC(=O)c1cccc(N[C@H]2[C@H](N)[C@@H](O)C(=O)[C@@]2(O)CO)c1. The number of Topliss-reactive ketones (excluding diaryl/α,β-unsaturated/α-hetero) is 2. The maximum atomic E-state index is 11.8. The third kappa shape index (κ3) is 2.56. The summed E-state index contributed by atoms with van der Waals surface area (Å²) in [5.41, 5.74) is 4.48. The van der Waals surface area contributed by atoms with Gasteiger partial charge in [0.25, 0.3) is 0 Å². The molecule has 0 aromatic heterocycles. The minimum Gasteiger partial charge on any atom is -0.393 e. The van der Waals surface area contributed by atoms with Crippen LogP contribution in [0, 0.1) is 0 Å². The molecule has 114 valence electrons. The lowest BCUT2D eigenvalue weighted by molar-refractivity contribution is -0.143. The average Bonchev–Trinajstić information content (AvgIpc) is 2.63. The highest BCUT2D eigenvalue weighted by Crippen LogP contribution is 2.29. The fraction of sp³-hybridized carbons (Fsp3) is 0.429. The molecule has 1 saturated carbocycles. The lowest BCUT2D eigenvalue weighted by Crippen LogP contribution is -2.55. The van der Waals surface area contributed by atoms with Crippen molar-refractivity contribution in [2.24, 2.45) is 5.73 Å². The maximum Gasteiger partial charge on any atom is 0.198 e. The second kappa shape index (κ2) is 5.53. The Morgan fingerprint density at radius 3 is 2.71 bits per heavy atom. The number of hydrogen-bond donors (Lipinski definition) is 5. The summed E-state index contributed by atoms with van der Waals surface area (Å²) in [6.45, 7) is 0.554. The molecule has 4 atom stereocenters. The number of anilines is 1. The second-order valence-corrected chi connectivity index (χ2v) is 5.23. The summed E-state index contributed by atoms with van der Waals surface area (Å²) < 4.78 is 0. The van der Waals surface area contributed by atoms with E-state index < -0.39 is 36.2 Å². The van der Waals surface area contributed by atoms with Gasteiger partial charge in [-0.15, -0.1) is 0 Å². The molecule has 0 saturated heterocycles. The first-order valence-electron chi connectivity index (χ1n) is 6.50. The molecular weight excluding hydrogens is 276 g/mol. The summed E-state index contributed by atoms with van der Waals surface area (Å²) in [5.74, 6) is -1.05. The largest absolute Gasteiger partial charge is 0.393 e. The zero-order valence-corrected chi connectivity index (χ0v) is 11.5. The monoisotopic (exact) mass is 294 g/mol. The Hall–Kier alpha value is -1.80. The number of aliphatic hydroxyl groups excluding tert-OH is 2. The van der Waals surface area contributed by atoms with Crippen molar-refractivity contribution in [1.82, 2.24) is 0 Å². The topological polar surface area (TPSA) is 133 Å². The first kappa shape index (κ1) is 15.6. The van der Waals surface area contributed by atoms with Crippen LogP contribution in [0.2, 0.25) is 0 Å². The van der Waals surface area contributed by atoms with Gasteiger partial charge >= 0.3 is 0 Å². The highest BCUT2D eigenvalue weighted by Gasteiger charge is 2.58. The van der Waals surface area contributed by atoms with E-state index in [1.54, 1.807) is 24.3 Å². The smallest absolute Gasteiger partial charge is 0.198 e. The van der Waals surface area contributed by atoms with E-state index in [-0.39, 0.29) is 5.78 Å². The number of aliphatic hydroxyl groups is 3. The van der Waals surface area contributed by atoms with Crippen molar-refractivity contribution in [3.8, 4) is 0 Å². The quantitative estimate of drug-likeness (QED) is 0.434. The van der Waals surface area contributed by atoms with Crippen molar-refractivity contribution in [3.05, 3.63) is 29.8 Å². The van der Waals surface area contributed by atoms with Crippen molar-refractivity contribution in [3.63, 3.8) is 0 Å². The zero-order chi connectivity index (χ0) is 15.8. The summed E-state index contributed by atoms with van der Waals surface area (Å²) in [6.07, 6.45) is -1.56. The fourth-order valence-corrected chi connectivity index (χ4v) is 2.48. The summed E-state index contributed by atoms with van der Waals surface area (Å²) >= 11 is 0. The van der Waals surface area contributed by atoms with Crippen LogP contribution in [0.4, 0.5) is 5.69 Å². The molecule has 7 heteroatoms. The van der Waals surface area contributed by atoms with Gasteiger partial charge in [-0.3, -0.25) is 9.59 Å². The summed E-state index contributed by atoms with van der Waals surface area (Å²) in [5, 5.41) is 32.0. The fourth-order valence-electron chi connectivity index (χ4n) is 2.48. The van der Waals surface area contributed by atoms with Crippen LogP contribution in [-0.4, -0.2) is 57.3 Å². The number of rotatable bonds is 4. The lowest BCUT2D eigenvalue weighted by atomic mass is 9.96. The van der Waals surface area contributed by atoms with Gasteiger partial charge in [-0.25, -0.2) is 0 Å².